The lowest BCUT2D eigenvalue weighted by Gasteiger charge is -2.30. The minimum atomic E-state index is 0.174. The van der Waals surface area contributed by atoms with Gasteiger partial charge in [0, 0.05) is 18.1 Å². The van der Waals surface area contributed by atoms with Gasteiger partial charge in [-0.3, -0.25) is 0 Å². The van der Waals surface area contributed by atoms with Crippen molar-refractivity contribution in [1.82, 2.24) is 4.90 Å². The third-order valence-corrected chi connectivity index (χ3v) is 2.73. The molecule has 0 aromatic heterocycles. The first kappa shape index (κ1) is 9.97. The molecule has 2 rings (SSSR count). The first-order chi connectivity index (χ1) is 6.75. The summed E-state index contributed by atoms with van der Waals surface area (Å²) in [5.74, 6) is 0. The van der Waals surface area contributed by atoms with E-state index in [2.05, 4.69) is 18.0 Å². The van der Waals surface area contributed by atoms with Crippen LogP contribution in [-0.2, 0) is 4.74 Å². The highest BCUT2D eigenvalue weighted by Gasteiger charge is 2.19. The Morgan fingerprint density at radius 3 is 3.07 bits per heavy atom. The molecule has 1 aliphatic heterocycles. The predicted octanol–water partition coefficient (Wildman–Crippen LogP) is 2.34. The number of ether oxygens (including phenoxy) is 1. The lowest BCUT2D eigenvalue weighted by Crippen LogP contribution is -2.35. The molecule has 0 aliphatic carbocycles. The highest BCUT2D eigenvalue weighted by Crippen LogP contribution is 2.23. The maximum atomic E-state index is 5.93. The maximum Gasteiger partial charge on any atom is 0.0952 e. The predicted molar refractivity (Wildman–Crippen MR) is 57.6 cm³/mol. The van der Waals surface area contributed by atoms with E-state index in [1.807, 2.05) is 18.2 Å². The molecule has 2 nitrogen and oxygen atoms in total. The molecule has 76 valence electrons. The van der Waals surface area contributed by atoms with Crippen LogP contribution in [0.15, 0.2) is 24.3 Å². The van der Waals surface area contributed by atoms with E-state index in [-0.39, 0.29) is 6.10 Å². The second kappa shape index (κ2) is 4.30. The number of morpholine rings is 1. The Kier molecular flexibility index (Phi) is 3.06. The number of hydrogen-bond donors (Lipinski definition) is 0. The molecule has 0 saturated carbocycles. The van der Waals surface area contributed by atoms with Crippen LogP contribution in [0, 0.1) is 0 Å². The van der Waals surface area contributed by atoms with Crippen molar-refractivity contribution >= 4 is 11.6 Å². The highest BCUT2D eigenvalue weighted by molar-refractivity contribution is 6.30. The number of halogens is 1. The van der Waals surface area contributed by atoms with E-state index in [4.69, 9.17) is 16.3 Å². The zero-order valence-corrected chi connectivity index (χ0v) is 9.00. The largest absolute Gasteiger partial charge is 0.371 e. The average Bonchev–Trinajstić information content (AvgIpc) is 2.18. The molecule has 1 atom stereocenters. The fourth-order valence-electron chi connectivity index (χ4n) is 1.69. The van der Waals surface area contributed by atoms with Crippen molar-refractivity contribution < 1.29 is 4.74 Å². The van der Waals surface area contributed by atoms with E-state index >= 15 is 0 Å². The normalized spacial score (nSPS) is 23.7. The minimum absolute atomic E-state index is 0.174. The minimum Gasteiger partial charge on any atom is -0.371 e. The van der Waals surface area contributed by atoms with Crippen LogP contribution in [0.3, 0.4) is 0 Å². The van der Waals surface area contributed by atoms with E-state index in [1.54, 1.807) is 0 Å². The summed E-state index contributed by atoms with van der Waals surface area (Å²) in [6.07, 6.45) is 0.174. The number of hydrogen-bond acceptors (Lipinski definition) is 2. The van der Waals surface area contributed by atoms with Gasteiger partial charge in [-0.1, -0.05) is 23.7 Å². The van der Waals surface area contributed by atoms with E-state index in [1.165, 1.54) is 5.56 Å². The summed E-state index contributed by atoms with van der Waals surface area (Å²) in [7, 11) is 2.11. The number of rotatable bonds is 1. The highest BCUT2D eigenvalue weighted by atomic mass is 35.5. The molecule has 0 amide bonds. The third-order valence-electron chi connectivity index (χ3n) is 2.49. The molecular weight excluding hydrogens is 198 g/mol. The van der Waals surface area contributed by atoms with Crippen LogP contribution in [-0.4, -0.2) is 31.6 Å². The first-order valence-corrected chi connectivity index (χ1v) is 5.19. The Hall–Kier alpha value is -0.570. The molecule has 0 N–H and O–H groups in total. The number of nitrogens with zero attached hydrogens (tertiary/aromatic N) is 1. The maximum absolute atomic E-state index is 5.93. The fraction of sp³-hybridized carbons (Fsp3) is 0.455. The average molecular weight is 212 g/mol. The standard InChI is InChI=1S/C11H14ClNO/c1-13-5-6-14-11(8-13)9-3-2-4-10(12)7-9/h2-4,7,11H,5-6,8H2,1H3. The van der Waals surface area contributed by atoms with Crippen LogP contribution < -0.4 is 0 Å². The van der Waals surface area contributed by atoms with Crippen LogP contribution in [0.4, 0.5) is 0 Å². The Balaban J connectivity index is 2.14. The van der Waals surface area contributed by atoms with Gasteiger partial charge in [0.05, 0.1) is 12.7 Å². The molecule has 1 aromatic rings. The summed E-state index contributed by atoms with van der Waals surface area (Å²) in [6.45, 7) is 2.76. The van der Waals surface area contributed by atoms with Crippen molar-refractivity contribution in [2.24, 2.45) is 0 Å². The van der Waals surface area contributed by atoms with Crippen molar-refractivity contribution in [3.05, 3.63) is 34.9 Å². The molecule has 0 bridgehead atoms. The molecule has 3 heteroatoms. The summed E-state index contributed by atoms with van der Waals surface area (Å²) in [5.41, 5.74) is 1.17. The lowest BCUT2D eigenvalue weighted by atomic mass is 10.1. The van der Waals surface area contributed by atoms with Crippen molar-refractivity contribution in [3.63, 3.8) is 0 Å². The Morgan fingerprint density at radius 2 is 2.36 bits per heavy atom. The monoisotopic (exact) mass is 211 g/mol. The molecule has 1 aromatic carbocycles. The van der Waals surface area contributed by atoms with Gasteiger partial charge in [-0.05, 0) is 24.7 Å². The summed E-state index contributed by atoms with van der Waals surface area (Å²) in [5, 5.41) is 0.777. The van der Waals surface area contributed by atoms with Gasteiger partial charge in [-0.15, -0.1) is 0 Å². The molecule has 1 unspecified atom stereocenters. The molecule has 1 saturated heterocycles. The van der Waals surface area contributed by atoms with Gasteiger partial charge in [0.15, 0.2) is 0 Å². The van der Waals surface area contributed by atoms with E-state index in [0.29, 0.717) is 0 Å². The Labute approximate surface area is 89.4 Å². The van der Waals surface area contributed by atoms with Crippen LogP contribution in [0.1, 0.15) is 11.7 Å². The first-order valence-electron chi connectivity index (χ1n) is 4.81. The van der Waals surface area contributed by atoms with Crippen LogP contribution in [0.25, 0.3) is 0 Å². The van der Waals surface area contributed by atoms with Gasteiger partial charge in [-0.2, -0.15) is 0 Å². The van der Waals surface area contributed by atoms with Crippen LogP contribution >= 0.6 is 11.6 Å². The third kappa shape index (κ3) is 2.27. The van der Waals surface area contributed by atoms with Gasteiger partial charge in [0.25, 0.3) is 0 Å². The van der Waals surface area contributed by atoms with Gasteiger partial charge >= 0.3 is 0 Å². The topological polar surface area (TPSA) is 12.5 Å². The summed E-state index contributed by atoms with van der Waals surface area (Å²) < 4.78 is 5.69. The van der Waals surface area contributed by atoms with Crippen LogP contribution in [0.5, 0.6) is 0 Å². The molecule has 1 fully saturated rings. The zero-order chi connectivity index (χ0) is 9.97. The summed E-state index contributed by atoms with van der Waals surface area (Å²) in [6, 6.07) is 7.90. The van der Waals surface area contributed by atoms with Crippen molar-refractivity contribution in [2.75, 3.05) is 26.7 Å². The molecule has 14 heavy (non-hydrogen) atoms. The van der Waals surface area contributed by atoms with Gasteiger partial charge < -0.3 is 9.64 Å². The van der Waals surface area contributed by atoms with Crippen LogP contribution in [0.2, 0.25) is 5.02 Å². The van der Waals surface area contributed by atoms with Gasteiger partial charge in [0.1, 0.15) is 0 Å². The SMILES string of the molecule is CN1CCOC(c2cccc(Cl)c2)C1. The fourth-order valence-corrected chi connectivity index (χ4v) is 1.89. The van der Waals surface area contributed by atoms with E-state index in [0.717, 1.165) is 24.7 Å². The van der Waals surface area contributed by atoms with E-state index < -0.39 is 0 Å². The van der Waals surface area contributed by atoms with Crippen molar-refractivity contribution in [1.29, 1.82) is 0 Å². The summed E-state index contributed by atoms with van der Waals surface area (Å²) in [4.78, 5) is 2.27. The molecule has 1 heterocycles. The molecule has 0 radical (unpaired) electrons. The molecule has 0 spiro atoms. The second-order valence-corrected chi connectivity index (χ2v) is 4.11. The number of likely N-dealkylation sites (N-methyl/N-ethyl adjacent to an activating group) is 1. The Morgan fingerprint density at radius 1 is 1.50 bits per heavy atom. The van der Waals surface area contributed by atoms with Crippen molar-refractivity contribution in [3.8, 4) is 0 Å². The van der Waals surface area contributed by atoms with E-state index in [9.17, 15) is 0 Å². The smallest absolute Gasteiger partial charge is 0.0952 e. The van der Waals surface area contributed by atoms with Gasteiger partial charge in [0.2, 0.25) is 0 Å². The second-order valence-electron chi connectivity index (χ2n) is 3.68. The molecule has 1 aliphatic rings. The quantitative estimate of drug-likeness (QED) is 0.707. The Bertz CT molecular complexity index is 316. The molecular formula is C11H14ClNO. The van der Waals surface area contributed by atoms with Crippen molar-refractivity contribution in [2.45, 2.75) is 6.10 Å². The number of benzene rings is 1. The van der Waals surface area contributed by atoms with Gasteiger partial charge in [-0.25, -0.2) is 0 Å². The zero-order valence-electron chi connectivity index (χ0n) is 8.24. The lowest BCUT2D eigenvalue weighted by molar-refractivity contribution is -0.0208. The summed E-state index contributed by atoms with van der Waals surface area (Å²) >= 11 is 5.93.